The Balaban J connectivity index is 2.11. The SMILES string of the molecule is CC(C)OC(=O)Oc1ccccc1C(=O)Nc1ncc(NI=O)s1. The highest BCUT2D eigenvalue weighted by atomic mass is 127. The van der Waals surface area contributed by atoms with Crippen LogP contribution in [0.2, 0.25) is 0 Å². The Labute approximate surface area is 152 Å². The first kappa shape index (κ1) is 18.3. The van der Waals surface area contributed by atoms with Gasteiger partial charge in [-0.25, -0.2) is 12.8 Å². The maximum absolute atomic E-state index is 12.4. The highest BCUT2D eigenvalue weighted by Gasteiger charge is 2.17. The standard InChI is InChI=1S/C14H14IN3O5S/c1-8(2)22-14(20)23-10-6-4-3-5-9(10)12(19)17-13-16-7-11(24-13)18-15-21/h3-8H,1-2H3,(H,18,21)(H,16,17,19). The number of anilines is 2. The smallest absolute Gasteiger partial charge is 0.431 e. The van der Waals surface area contributed by atoms with E-state index < -0.39 is 33.5 Å². The van der Waals surface area contributed by atoms with Gasteiger partial charge < -0.3 is 9.47 Å². The summed E-state index contributed by atoms with van der Waals surface area (Å²) in [6.07, 6.45) is 0.259. The quantitative estimate of drug-likeness (QED) is 0.289. The molecule has 0 saturated carbocycles. The molecule has 2 N–H and O–H groups in total. The number of amides is 1. The van der Waals surface area contributed by atoms with Crippen molar-refractivity contribution in [3.05, 3.63) is 36.0 Å². The third-order valence-electron chi connectivity index (χ3n) is 2.51. The van der Waals surface area contributed by atoms with Gasteiger partial charge in [-0.15, -0.1) is 0 Å². The molecule has 1 heterocycles. The molecule has 0 radical (unpaired) electrons. The number of hydrogen-bond acceptors (Lipinski definition) is 7. The number of rotatable bonds is 6. The summed E-state index contributed by atoms with van der Waals surface area (Å²) < 4.78 is 23.2. The number of benzene rings is 1. The normalized spacial score (nSPS) is 10.3. The molecule has 1 aromatic carbocycles. The van der Waals surface area contributed by atoms with Gasteiger partial charge in [-0.1, -0.05) is 23.5 Å². The van der Waals surface area contributed by atoms with Crippen LogP contribution in [0.5, 0.6) is 5.75 Å². The van der Waals surface area contributed by atoms with E-state index in [4.69, 9.17) is 9.47 Å². The number of para-hydroxylation sites is 1. The first-order valence-electron chi connectivity index (χ1n) is 6.76. The monoisotopic (exact) mass is 463 g/mol. The van der Waals surface area contributed by atoms with Crippen LogP contribution in [0.1, 0.15) is 24.2 Å². The minimum atomic E-state index is -1.36. The van der Waals surface area contributed by atoms with E-state index in [1.165, 1.54) is 18.3 Å². The fourth-order valence-corrected chi connectivity index (χ4v) is 3.13. The number of aromatic nitrogens is 1. The zero-order chi connectivity index (χ0) is 17.5. The van der Waals surface area contributed by atoms with Crippen molar-refractivity contribution in [2.75, 3.05) is 8.85 Å². The molecule has 1 aromatic heterocycles. The van der Waals surface area contributed by atoms with E-state index in [1.807, 2.05) is 0 Å². The van der Waals surface area contributed by atoms with Crippen molar-refractivity contribution in [2.24, 2.45) is 0 Å². The highest BCUT2D eigenvalue weighted by molar-refractivity contribution is 14.1. The minimum Gasteiger partial charge on any atom is -0.431 e. The summed E-state index contributed by atoms with van der Waals surface area (Å²) in [5, 5.41) is 3.53. The molecule has 0 bridgehead atoms. The lowest BCUT2D eigenvalue weighted by Gasteiger charge is -2.11. The highest BCUT2D eigenvalue weighted by Crippen LogP contribution is 2.26. The maximum atomic E-state index is 12.4. The van der Waals surface area contributed by atoms with Crippen molar-refractivity contribution in [3.8, 4) is 5.75 Å². The second-order valence-corrected chi connectivity index (χ2v) is 6.68. The van der Waals surface area contributed by atoms with Crippen LogP contribution in [0, 0.1) is 0 Å². The molecular weight excluding hydrogens is 449 g/mol. The number of hydrogen-bond donors (Lipinski definition) is 2. The number of ether oxygens (including phenoxy) is 2. The van der Waals surface area contributed by atoms with Gasteiger partial charge in [0.1, 0.15) is 10.8 Å². The molecule has 2 aromatic rings. The Kier molecular flexibility index (Phi) is 6.61. The van der Waals surface area contributed by atoms with Crippen molar-refractivity contribution in [3.63, 3.8) is 0 Å². The summed E-state index contributed by atoms with van der Waals surface area (Å²) in [7, 11) is 0. The van der Waals surface area contributed by atoms with Gasteiger partial charge in [0.05, 0.1) is 17.9 Å². The van der Waals surface area contributed by atoms with Gasteiger partial charge in [0.25, 0.3) is 27.4 Å². The number of carbonyl (C=O) groups excluding carboxylic acids is 2. The van der Waals surface area contributed by atoms with Crippen LogP contribution >= 0.6 is 32.8 Å². The van der Waals surface area contributed by atoms with Crippen LogP contribution in [0.15, 0.2) is 30.5 Å². The Bertz CT molecular complexity index is 750. The molecule has 0 aliphatic carbocycles. The predicted molar refractivity (Wildman–Crippen MR) is 97.1 cm³/mol. The summed E-state index contributed by atoms with van der Waals surface area (Å²) in [6.45, 7) is 3.39. The molecule has 0 atom stereocenters. The number of thiazole rings is 1. The van der Waals surface area contributed by atoms with Gasteiger partial charge in [0.2, 0.25) is 0 Å². The lowest BCUT2D eigenvalue weighted by atomic mass is 10.2. The third-order valence-corrected chi connectivity index (χ3v) is 4.51. The summed E-state index contributed by atoms with van der Waals surface area (Å²) in [4.78, 5) is 28.0. The average Bonchev–Trinajstić information content (AvgIpc) is 2.94. The van der Waals surface area contributed by atoms with E-state index in [-0.39, 0.29) is 17.4 Å². The predicted octanol–water partition coefficient (Wildman–Crippen LogP) is 3.96. The van der Waals surface area contributed by atoms with Crippen LogP contribution < -0.4 is 13.6 Å². The van der Waals surface area contributed by atoms with Gasteiger partial charge in [-0.2, -0.15) is 0 Å². The molecule has 8 nitrogen and oxygen atoms in total. The zero-order valence-corrected chi connectivity index (χ0v) is 15.7. The fourth-order valence-electron chi connectivity index (χ4n) is 1.63. The maximum Gasteiger partial charge on any atom is 0.514 e. The van der Waals surface area contributed by atoms with Crippen molar-refractivity contribution in [2.45, 2.75) is 20.0 Å². The lowest BCUT2D eigenvalue weighted by Crippen LogP contribution is -2.18. The number of nitrogens with zero attached hydrogens (tertiary/aromatic N) is 1. The average molecular weight is 463 g/mol. The second kappa shape index (κ2) is 8.68. The van der Waals surface area contributed by atoms with Crippen molar-refractivity contribution >= 4 is 55.0 Å². The van der Waals surface area contributed by atoms with E-state index in [0.29, 0.717) is 10.1 Å². The molecule has 0 spiro atoms. The summed E-state index contributed by atoms with van der Waals surface area (Å²) in [6, 6.07) is 6.29. The third kappa shape index (κ3) is 5.23. The van der Waals surface area contributed by atoms with Crippen molar-refractivity contribution in [1.29, 1.82) is 0 Å². The molecule has 10 heteroatoms. The molecule has 128 valence electrons. The molecule has 24 heavy (non-hydrogen) atoms. The Morgan fingerprint density at radius 1 is 1.29 bits per heavy atom. The zero-order valence-electron chi connectivity index (χ0n) is 12.7. The summed E-state index contributed by atoms with van der Waals surface area (Å²) in [5.41, 5.74) is 0.166. The Morgan fingerprint density at radius 3 is 2.75 bits per heavy atom. The number of carbonyl (C=O) groups is 2. The molecule has 2 rings (SSSR count). The summed E-state index contributed by atoms with van der Waals surface area (Å²) in [5.74, 6) is -0.401. The molecule has 0 saturated heterocycles. The second-order valence-electron chi connectivity index (χ2n) is 4.67. The molecule has 1 amide bonds. The van der Waals surface area contributed by atoms with Gasteiger partial charge in [-0.3, -0.25) is 13.6 Å². The van der Waals surface area contributed by atoms with E-state index in [1.54, 1.807) is 26.0 Å². The molecule has 0 aliphatic heterocycles. The van der Waals surface area contributed by atoms with Crippen LogP contribution in [0.4, 0.5) is 14.9 Å². The van der Waals surface area contributed by atoms with E-state index in [9.17, 15) is 12.7 Å². The molecule has 0 aliphatic rings. The van der Waals surface area contributed by atoms with Crippen LogP contribution in [-0.4, -0.2) is 23.2 Å². The summed E-state index contributed by atoms with van der Waals surface area (Å²) >= 11 is -0.211. The molecular formula is C14H14IN3O5S. The van der Waals surface area contributed by atoms with Crippen molar-refractivity contribution in [1.82, 2.24) is 4.98 Å². The first-order chi connectivity index (χ1) is 11.5. The van der Waals surface area contributed by atoms with Gasteiger partial charge in [0, 0.05) is 0 Å². The topological polar surface area (TPSA) is 107 Å². The largest absolute Gasteiger partial charge is 0.514 e. The Morgan fingerprint density at radius 2 is 2.04 bits per heavy atom. The van der Waals surface area contributed by atoms with Gasteiger partial charge >= 0.3 is 6.16 Å². The van der Waals surface area contributed by atoms with Crippen LogP contribution in [-0.2, 0) is 7.81 Å². The minimum absolute atomic E-state index is 0.0842. The van der Waals surface area contributed by atoms with Crippen molar-refractivity contribution < 1.29 is 22.1 Å². The van der Waals surface area contributed by atoms with Crippen LogP contribution in [0.3, 0.4) is 0 Å². The lowest BCUT2D eigenvalue weighted by molar-refractivity contribution is 0.0725. The van der Waals surface area contributed by atoms with Gasteiger partial charge in [-0.05, 0) is 26.0 Å². The van der Waals surface area contributed by atoms with Gasteiger partial charge in [0.15, 0.2) is 5.13 Å². The van der Waals surface area contributed by atoms with Crippen LogP contribution in [0.25, 0.3) is 0 Å². The Hall–Kier alpha value is -2.08. The van der Waals surface area contributed by atoms with E-state index in [2.05, 4.69) is 13.8 Å². The van der Waals surface area contributed by atoms with E-state index >= 15 is 0 Å². The number of nitrogens with one attached hydrogen (secondary N) is 2. The fraction of sp³-hybridized carbons (Fsp3) is 0.214. The van der Waals surface area contributed by atoms with E-state index in [0.717, 1.165) is 11.3 Å². The molecule has 0 fully saturated rings. The number of halogens is 1. The molecule has 0 unspecified atom stereocenters. The first-order valence-corrected chi connectivity index (χ1v) is 9.54.